The van der Waals surface area contributed by atoms with Crippen LogP contribution in [0, 0.1) is 6.92 Å². The summed E-state index contributed by atoms with van der Waals surface area (Å²) in [5.74, 6) is 1.05. The molecule has 25 heavy (non-hydrogen) atoms. The van der Waals surface area contributed by atoms with Crippen LogP contribution >= 0.6 is 0 Å². The predicted octanol–water partition coefficient (Wildman–Crippen LogP) is 3.41. The van der Waals surface area contributed by atoms with E-state index >= 15 is 0 Å². The number of carbonyl (C=O) groups is 1. The molecule has 0 spiro atoms. The Kier molecular flexibility index (Phi) is 5.09. The molecule has 1 amide bonds. The highest BCUT2D eigenvalue weighted by Gasteiger charge is 2.41. The van der Waals surface area contributed by atoms with E-state index < -0.39 is 0 Å². The maximum Gasteiger partial charge on any atom is 0.241 e. The van der Waals surface area contributed by atoms with Crippen LogP contribution < -0.4 is 4.74 Å². The lowest BCUT2D eigenvalue weighted by Crippen LogP contribution is -2.32. The third-order valence-corrected chi connectivity index (χ3v) is 5.11. The lowest BCUT2D eigenvalue weighted by Gasteiger charge is -2.29. The predicted molar refractivity (Wildman–Crippen MR) is 99.6 cm³/mol. The second kappa shape index (κ2) is 7.28. The first-order valence-electron chi connectivity index (χ1n) is 8.73. The van der Waals surface area contributed by atoms with E-state index in [2.05, 4.69) is 48.2 Å². The Labute approximate surface area is 150 Å². The largest absolute Gasteiger partial charge is 0.497 e. The summed E-state index contributed by atoms with van der Waals surface area (Å²) in [6.07, 6.45) is 0.833. The van der Waals surface area contributed by atoms with E-state index in [1.807, 2.05) is 31.0 Å². The second-order valence-corrected chi connectivity index (χ2v) is 6.76. The Morgan fingerprint density at radius 1 is 1.04 bits per heavy atom. The quantitative estimate of drug-likeness (QED) is 0.837. The lowest BCUT2D eigenvalue weighted by atomic mass is 10.1. The van der Waals surface area contributed by atoms with Crippen LogP contribution in [0.3, 0.4) is 0 Å². The van der Waals surface area contributed by atoms with Gasteiger partial charge in [0, 0.05) is 6.54 Å². The highest BCUT2D eigenvalue weighted by molar-refractivity contribution is 5.84. The van der Waals surface area contributed by atoms with Crippen molar-refractivity contribution in [3.05, 3.63) is 65.2 Å². The van der Waals surface area contributed by atoms with Crippen molar-refractivity contribution in [3.63, 3.8) is 0 Å². The minimum absolute atomic E-state index is 0.00125. The molecule has 1 saturated heterocycles. The van der Waals surface area contributed by atoms with Crippen molar-refractivity contribution in [1.82, 2.24) is 9.80 Å². The monoisotopic (exact) mass is 338 g/mol. The Morgan fingerprint density at radius 3 is 2.28 bits per heavy atom. The van der Waals surface area contributed by atoms with Crippen LogP contribution in [0.25, 0.3) is 0 Å². The molecule has 4 nitrogen and oxygen atoms in total. The smallest absolute Gasteiger partial charge is 0.241 e. The van der Waals surface area contributed by atoms with Gasteiger partial charge in [-0.25, -0.2) is 0 Å². The molecule has 0 bridgehead atoms. The van der Waals surface area contributed by atoms with E-state index in [1.54, 1.807) is 7.11 Å². The highest BCUT2D eigenvalue weighted by Crippen LogP contribution is 2.33. The number of hydrogen-bond donors (Lipinski definition) is 0. The van der Waals surface area contributed by atoms with Crippen LogP contribution in [0.15, 0.2) is 48.5 Å². The molecule has 0 aromatic heterocycles. The van der Waals surface area contributed by atoms with Crippen molar-refractivity contribution in [3.8, 4) is 5.75 Å². The molecule has 4 heteroatoms. The van der Waals surface area contributed by atoms with E-state index in [0.29, 0.717) is 6.54 Å². The number of amides is 1. The number of hydrogen-bond acceptors (Lipinski definition) is 3. The second-order valence-electron chi connectivity index (χ2n) is 6.76. The molecule has 0 aliphatic carbocycles. The Hall–Kier alpha value is -2.33. The first-order chi connectivity index (χ1) is 12.0. The molecular weight excluding hydrogens is 312 g/mol. The third-order valence-electron chi connectivity index (χ3n) is 5.11. The van der Waals surface area contributed by atoms with Crippen LogP contribution in [-0.2, 0) is 11.2 Å². The fraction of sp³-hybridized carbons (Fsp3) is 0.381. The number of likely N-dealkylation sites (N-methyl/N-ethyl adjacent to an activating group) is 1. The first-order valence-corrected chi connectivity index (χ1v) is 8.73. The van der Waals surface area contributed by atoms with Crippen molar-refractivity contribution in [2.45, 2.75) is 32.5 Å². The van der Waals surface area contributed by atoms with Gasteiger partial charge < -0.3 is 9.64 Å². The third kappa shape index (κ3) is 3.54. The number of carbonyl (C=O) groups excluding carboxylic acids is 1. The molecule has 2 unspecified atom stereocenters. The minimum Gasteiger partial charge on any atom is -0.497 e. The van der Waals surface area contributed by atoms with Crippen LogP contribution in [0.1, 0.15) is 29.8 Å². The van der Waals surface area contributed by atoms with Crippen LogP contribution in [0.2, 0.25) is 0 Å². The van der Waals surface area contributed by atoms with Crippen LogP contribution in [0.4, 0.5) is 0 Å². The number of aryl methyl sites for hydroxylation is 1. The molecule has 132 valence electrons. The number of benzene rings is 2. The Morgan fingerprint density at radius 2 is 1.68 bits per heavy atom. The number of rotatable bonds is 5. The zero-order chi connectivity index (χ0) is 18.0. The summed E-state index contributed by atoms with van der Waals surface area (Å²) in [4.78, 5) is 16.9. The summed E-state index contributed by atoms with van der Waals surface area (Å²) in [5, 5.41) is 0. The van der Waals surface area contributed by atoms with E-state index in [0.717, 1.165) is 12.2 Å². The Bertz CT molecular complexity index is 725. The van der Waals surface area contributed by atoms with Gasteiger partial charge in [-0.1, -0.05) is 42.0 Å². The standard InChI is InChI=1S/C21H26N2O2/c1-15-5-9-18(10-6-15)20-22(3)16(2)21(24)23(20)14-13-17-7-11-19(25-4)12-8-17/h5-12,16,20H,13-14H2,1-4H3. The molecule has 3 rings (SSSR count). The molecule has 1 heterocycles. The topological polar surface area (TPSA) is 32.8 Å². The molecular formula is C21H26N2O2. The SMILES string of the molecule is COc1ccc(CCN2C(=O)C(C)N(C)C2c2ccc(C)cc2)cc1. The summed E-state index contributed by atoms with van der Waals surface area (Å²) < 4.78 is 5.21. The highest BCUT2D eigenvalue weighted by atomic mass is 16.5. The average Bonchev–Trinajstić information content (AvgIpc) is 2.85. The number of ether oxygens (including phenoxy) is 1. The molecule has 0 saturated carbocycles. The van der Waals surface area contributed by atoms with Gasteiger partial charge >= 0.3 is 0 Å². The molecule has 1 aliphatic heterocycles. The summed E-state index contributed by atoms with van der Waals surface area (Å²) >= 11 is 0. The lowest BCUT2D eigenvalue weighted by molar-refractivity contribution is -0.129. The van der Waals surface area contributed by atoms with Crippen molar-refractivity contribution in [1.29, 1.82) is 0 Å². The van der Waals surface area contributed by atoms with Crippen LogP contribution in [-0.4, -0.2) is 42.5 Å². The maximum absolute atomic E-state index is 12.8. The molecule has 1 fully saturated rings. The van der Waals surface area contributed by atoms with Gasteiger partial charge in [0.05, 0.1) is 13.2 Å². The summed E-state index contributed by atoms with van der Waals surface area (Å²) in [6.45, 7) is 4.77. The zero-order valence-corrected chi connectivity index (χ0v) is 15.4. The summed E-state index contributed by atoms with van der Waals surface area (Å²) in [7, 11) is 3.70. The molecule has 0 N–H and O–H groups in total. The van der Waals surface area contributed by atoms with Crippen molar-refractivity contribution >= 4 is 5.91 Å². The first kappa shape index (κ1) is 17.5. The number of methoxy groups -OCH3 is 1. The summed E-state index contributed by atoms with van der Waals surface area (Å²) in [6, 6.07) is 16.4. The number of nitrogens with zero attached hydrogens (tertiary/aromatic N) is 2. The van der Waals surface area contributed by atoms with Gasteiger partial charge in [-0.2, -0.15) is 0 Å². The maximum atomic E-state index is 12.8. The van der Waals surface area contributed by atoms with E-state index in [9.17, 15) is 4.79 Å². The van der Waals surface area contributed by atoms with Gasteiger partial charge in [-0.05, 0) is 50.6 Å². The average molecular weight is 338 g/mol. The normalized spacial score (nSPS) is 21.0. The fourth-order valence-electron chi connectivity index (χ4n) is 3.39. The van der Waals surface area contributed by atoms with Gasteiger partial charge in [-0.3, -0.25) is 9.69 Å². The molecule has 2 atom stereocenters. The summed E-state index contributed by atoms with van der Waals surface area (Å²) in [5.41, 5.74) is 3.60. The van der Waals surface area contributed by atoms with E-state index in [-0.39, 0.29) is 18.1 Å². The minimum atomic E-state index is -0.0952. The van der Waals surface area contributed by atoms with E-state index in [1.165, 1.54) is 16.7 Å². The molecule has 0 radical (unpaired) electrons. The fourth-order valence-corrected chi connectivity index (χ4v) is 3.39. The van der Waals surface area contributed by atoms with E-state index in [4.69, 9.17) is 4.74 Å². The van der Waals surface area contributed by atoms with Gasteiger partial charge in [0.25, 0.3) is 0 Å². The zero-order valence-electron chi connectivity index (χ0n) is 15.4. The molecule has 2 aromatic carbocycles. The van der Waals surface area contributed by atoms with Gasteiger partial charge in [0.1, 0.15) is 11.9 Å². The van der Waals surface area contributed by atoms with Crippen molar-refractivity contribution < 1.29 is 9.53 Å². The Balaban J connectivity index is 1.78. The van der Waals surface area contributed by atoms with Gasteiger partial charge in [-0.15, -0.1) is 0 Å². The van der Waals surface area contributed by atoms with Crippen LogP contribution in [0.5, 0.6) is 5.75 Å². The van der Waals surface area contributed by atoms with Crippen molar-refractivity contribution in [2.75, 3.05) is 20.7 Å². The molecule has 1 aliphatic rings. The van der Waals surface area contributed by atoms with Gasteiger partial charge in [0.2, 0.25) is 5.91 Å². The van der Waals surface area contributed by atoms with Crippen molar-refractivity contribution in [2.24, 2.45) is 0 Å². The molecule has 2 aromatic rings. The van der Waals surface area contributed by atoms with Gasteiger partial charge in [0.15, 0.2) is 0 Å².